The van der Waals surface area contributed by atoms with Crippen molar-refractivity contribution in [2.24, 2.45) is 0 Å². The zero-order valence-corrected chi connectivity index (χ0v) is 18.4. The molecule has 0 saturated carbocycles. The number of thiocarbonyl (C=S) groups is 1. The minimum atomic E-state index is -0.631. The Hall–Kier alpha value is -2.03. The lowest BCUT2D eigenvalue weighted by atomic mass is 9.95. The Morgan fingerprint density at radius 3 is 2.93 bits per heavy atom. The van der Waals surface area contributed by atoms with E-state index in [-0.39, 0.29) is 17.9 Å². The number of carbonyl (C=O) groups excluding carboxylic acids is 2. The molecule has 29 heavy (non-hydrogen) atoms. The molecule has 8 heteroatoms. The van der Waals surface area contributed by atoms with Gasteiger partial charge in [-0.15, -0.1) is 11.3 Å². The number of aromatic nitrogens is 1. The summed E-state index contributed by atoms with van der Waals surface area (Å²) < 4.78 is 0.439. The molecule has 2 aromatic rings. The van der Waals surface area contributed by atoms with Crippen LogP contribution in [0.1, 0.15) is 42.7 Å². The lowest BCUT2D eigenvalue weighted by Gasteiger charge is -2.38. The van der Waals surface area contributed by atoms with Gasteiger partial charge >= 0.3 is 0 Å². The fourth-order valence-electron chi connectivity index (χ4n) is 3.78. The van der Waals surface area contributed by atoms with Crippen LogP contribution in [-0.4, -0.2) is 43.5 Å². The standard InChI is InChI=1S/C21H21N3O2S3/c1-14(24-20(26)18(29-21(24)27)12-16-7-5-11-28-16)19(25)23-10-3-2-8-17(23)15-6-4-9-22-13-15/h4-7,9,11-14,17H,2-3,8,10H2,1H3/b18-12-/t14?,17-/m0/s1. The Morgan fingerprint density at radius 2 is 2.21 bits per heavy atom. The summed E-state index contributed by atoms with van der Waals surface area (Å²) in [5.41, 5.74) is 1.04. The molecule has 4 heterocycles. The Bertz CT molecular complexity index is 943. The molecule has 2 fully saturated rings. The second-order valence-electron chi connectivity index (χ2n) is 7.07. The smallest absolute Gasteiger partial charge is 0.266 e. The summed E-state index contributed by atoms with van der Waals surface area (Å²) in [4.78, 5) is 35.5. The van der Waals surface area contributed by atoms with Crippen LogP contribution in [0.25, 0.3) is 6.08 Å². The van der Waals surface area contributed by atoms with E-state index in [9.17, 15) is 9.59 Å². The third-order valence-corrected chi connectivity index (χ3v) is 7.39. The summed E-state index contributed by atoms with van der Waals surface area (Å²) >= 11 is 8.29. The number of likely N-dealkylation sites (tertiary alicyclic amines) is 1. The number of thiophene rings is 1. The summed E-state index contributed by atoms with van der Waals surface area (Å²) in [6.07, 6.45) is 8.35. The molecule has 0 radical (unpaired) electrons. The molecule has 0 aliphatic carbocycles. The zero-order valence-electron chi connectivity index (χ0n) is 16.0. The number of piperidine rings is 1. The third kappa shape index (κ3) is 4.15. The molecule has 2 aliphatic heterocycles. The highest BCUT2D eigenvalue weighted by Crippen LogP contribution is 2.36. The van der Waals surface area contributed by atoms with Crippen LogP contribution in [0.4, 0.5) is 0 Å². The van der Waals surface area contributed by atoms with Gasteiger partial charge < -0.3 is 4.90 Å². The van der Waals surface area contributed by atoms with Crippen LogP contribution >= 0.6 is 35.3 Å². The van der Waals surface area contributed by atoms with Crippen LogP contribution < -0.4 is 0 Å². The zero-order chi connectivity index (χ0) is 20.4. The van der Waals surface area contributed by atoms with E-state index in [1.54, 1.807) is 24.5 Å². The van der Waals surface area contributed by atoms with Crippen LogP contribution in [-0.2, 0) is 9.59 Å². The van der Waals surface area contributed by atoms with Gasteiger partial charge in [-0.2, -0.15) is 0 Å². The lowest BCUT2D eigenvalue weighted by Crippen LogP contribution is -2.51. The van der Waals surface area contributed by atoms with Crippen LogP contribution in [0, 0.1) is 0 Å². The SMILES string of the molecule is CC(C(=O)N1CCCC[C@H]1c1cccnc1)N1C(=O)/C(=C/c2cccs2)SC1=S. The van der Waals surface area contributed by atoms with Crippen molar-refractivity contribution in [2.75, 3.05) is 6.54 Å². The van der Waals surface area contributed by atoms with Gasteiger partial charge in [0.15, 0.2) is 0 Å². The summed E-state index contributed by atoms with van der Waals surface area (Å²) in [7, 11) is 0. The van der Waals surface area contributed by atoms with E-state index in [1.807, 2.05) is 46.8 Å². The Balaban J connectivity index is 1.55. The molecule has 2 saturated heterocycles. The van der Waals surface area contributed by atoms with Crippen molar-refractivity contribution in [1.29, 1.82) is 0 Å². The van der Waals surface area contributed by atoms with Gasteiger partial charge in [-0.3, -0.25) is 19.5 Å². The minimum Gasteiger partial charge on any atom is -0.334 e. The third-order valence-electron chi connectivity index (χ3n) is 5.24. The van der Waals surface area contributed by atoms with Gasteiger partial charge in [-0.1, -0.05) is 36.1 Å². The van der Waals surface area contributed by atoms with Crippen LogP contribution in [0.5, 0.6) is 0 Å². The number of amides is 2. The fraction of sp³-hybridized carbons (Fsp3) is 0.333. The molecule has 0 spiro atoms. The van der Waals surface area contributed by atoms with Gasteiger partial charge in [-0.25, -0.2) is 0 Å². The first-order chi connectivity index (χ1) is 14.1. The van der Waals surface area contributed by atoms with Gasteiger partial charge in [0, 0.05) is 23.8 Å². The monoisotopic (exact) mass is 443 g/mol. The first kappa shape index (κ1) is 20.3. The van der Waals surface area contributed by atoms with Crippen LogP contribution in [0.2, 0.25) is 0 Å². The van der Waals surface area contributed by atoms with E-state index in [4.69, 9.17) is 12.2 Å². The Kier molecular flexibility index (Phi) is 6.12. The van der Waals surface area contributed by atoms with Crippen molar-refractivity contribution < 1.29 is 9.59 Å². The molecule has 5 nitrogen and oxygen atoms in total. The Morgan fingerprint density at radius 1 is 1.34 bits per heavy atom. The summed E-state index contributed by atoms with van der Waals surface area (Å²) in [6, 6.07) is 7.17. The second-order valence-corrected chi connectivity index (χ2v) is 9.73. The molecular weight excluding hydrogens is 422 g/mol. The number of rotatable bonds is 4. The lowest BCUT2D eigenvalue weighted by molar-refractivity contribution is -0.142. The first-order valence-corrected chi connectivity index (χ1v) is 11.7. The summed E-state index contributed by atoms with van der Waals surface area (Å²) in [6.45, 7) is 2.46. The molecule has 2 aromatic heterocycles. The predicted molar refractivity (Wildman–Crippen MR) is 121 cm³/mol. The second kappa shape index (κ2) is 8.77. The molecule has 4 rings (SSSR count). The molecule has 2 atom stereocenters. The molecule has 0 bridgehead atoms. The van der Waals surface area contributed by atoms with E-state index in [1.165, 1.54) is 16.7 Å². The fourth-order valence-corrected chi connectivity index (χ4v) is 5.92. The van der Waals surface area contributed by atoms with Crippen molar-refractivity contribution in [1.82, 2.24) is 14.8 Å². The number of carbonyl (C=O) groups is 2. The largest absolute Gasteiger partial charge is 0.334 e. The average molecular weight is 444 g/mol. The van der Waals surface area contributed by atoms with Gasteiger partial charge in [0.1, 0.15) is 10.4 Å². The van der Waals surface area contributed by atoms with Crippen LogP contribution in [0.3, 0.4) is 0 Å². The number of nitrogens with zero attached hydrogens (tertiary/aromatic N) is 3. The normalized spacial score (nSPS) is 22.4. The van der Waals surface area contributed by atoms with E-state index in [0.717, 1.165) is 29.7 Å². The number of thioether (sulfide) groups is 1. The van der Waals surface area contributed by atoms with Crippen molar-refractivity contribution in [3.8, 4) is 0 Å². The summed E-state index contributed by atoms with van der Waals surface area (Å²) in [5.74, 6) is -0.253. The van der Waals surface area contributed by atoms with Crippen molar-refractivity contribution >= 4 is 57.5 Å². The van der Waals surface area contributed by atoms with Crippen molar-refractivity contribution in [3.63, 3.8) is 0 Å². The van der Waals surface area contributed by atoms with E-state index >= 15 is 0 Å². The van der Waals surface area contributed by atoms with Gasteiger partial charge in [0.25, 0.3) is 5.91 Å². The van der Waals surface area contributed by atoms with E-state index < -0.39 is 6.04 Å². The molecular formula is C21H21N3O2S3. The first-order valence-electron chi connectivity index (χ1n) is 9.57. The quantitative estimate of drug-likeness (QED) is 0.515. The summed E-state index contributed by atoms with van der Waals surface area (Å²) in [5, 5.41) is 1.97. The highest BCUT2D eigenvalue weighted by atomic mass is 32.2. The maximum atomic E-state index is 13.4. The Labute approximate surface area is 183 Å². The minimum absolute atomic E-state index is 0.00698. The van der Waals surface area contributed by atoms with Gasteiger partial charge in [0.05, 0.1) is 10.9 Å². The van der Waals surface area contributed by atoms with E-state index in [2.05, 4.69) is 4.98 Å². The predicted octanol–water partition coefficient (Wildman–Crippen LogP) is 4.49. The number of hydrogen-bond acceptors (Lipinski definition) is 6. The average Bonchev–Trinajstić information content (AvgIpc) is 3.35. The highest BCUT2D eigenvalue weighted by molar-refractivity contribution is 8.26. The molecule has 1 unspecified atom stereocenters. The van der Waals surface area contributed by atoms with Crippen molar-refractivity contribution in [3.05, 3.63) is 57.4 Å². The molecule has 0 aromatic carbocycles. The molecule has 2 amide bonds. The highest BCUT2D eigenvalue weighted by Gasteiger charge is 2.41. The number of hydrogen-bond donors (Lipinski definition) is 0. The molecule has 2 aliphatic rings. The van der Waals surface area contributed by atoms with Crippen LogP contribution in [0.15, 0.2) is 46.9 Å². The maximum absolute atomic E-state index is 13.4. The van der Waals surface area contributed by atoms with Gasteiger partial charge in [-0.05, 0) is 55.3 Å². The van der Waals surface area contributed by atoms with Crippen molar-refractivity contribution in [2.45, 2.75) is 38.3 Å². The maximum Gasteiger partial charge on any atom is 0.266 e. The van der Waals surface area contributed by atoms with E-state index in [0.29, 0.717) is 15.8 Å². The molecule has 150 valence electrons. The molecule has 0 N–H and O–H groups in total. The van der Waals surface area contributed by atoms with Gasteiger partial charge in [0.2, 0.25) is 5.91 Å². The topological polar surface area (TPSA) is 53.5 Å². The number of pyridine rings is 1.